The van der Waals surface area contributed by atoms with Crippen molar-refractivity contribution in [1.29, 1.82) is 0 Å². The third-order valence-electron chi connectivity index (χ3n) is 5.60. The number of hydrogen-bond donors (Lipinski definition) is 0. The largest absolute Gasteiger partial charge is 0.376 e. The fourth-order valence-electron chi connectivity index (χ4n) is 3.90. The van der Waals surface area contributed by atoms with Gasteiger partial charge in [-0.15, -0.1) is 0 Å². The Balaban J connectivity index is 1.82. The summed E-state index contributed by atoms with van der Waals surface area (Å²) in [5.41, 5.74) is 0.973. The first kappa shape index (κ1) is 24.1. The molecule has 0 radical (unpaired) electrons. The van der Waals surface area contributed by atoms with E-state index in [1.54, 1.807) is 30.4 Å². The van der Waals surface area contributed by atoms with Crippen LogP contribution in [-0.2, 0) is 25.9 Å². The Morgan fingerprint density at radius 3 is 2.31 bits per heavy atom. The van der Waals surface area contributed by atoms with Crippen molar-refractivity contribution in [2.45, 2.75) is 42.7 Å². The predicted octanol–water partition coefficient (Wildman–Crippen LogP) is 4.27. The summed E-state index contributed by atoms with van der Waals surface area (Å²) in [6.45, 7) is 3.03. The van der Waals surface area contributed by atoms with E-state index in [1.165, 1.54) is 12.1 Å². The Morgan fingerprint density at radius 2 is 1.69 bits per heavy atom. The highest BCUT2D eigenvalue weighted by molar-refractivity contribution is 7.91. The summed E-state index contributed by atoms with van der Waals surface area (Å²) >= 11 is 0. The molecule has 0 aliphatic heterocycles. The highest BCUT2D eigenvalue weighted by Crippen LogP contribution is 2.36. The molecule has 2 aromatic rings. The van der Waals surface area contributed by atoms with Crippen molar-refractivity contribution >= 4 is 9.84 Å². The maximum atomic E-state index is 13.2. The smallest absolute Gasteiger partial charge is 0.321 e. The zero-order valence-electron chi connectivity index (χ0n) is 18.1. The van der Waals surface area contributed by atoms with Crippen LogP contribution >= 0.6 is 0 Å². The molecule has 1 aliphatic rings. The Morgan fingerprint density at radius 1 is 1.03 bits per heavy atom. The van der Waals surface area contributed by atoms with E-state index in [9.17, 15) is 18.5 Å². The van der Waals surface area contributed by atoms with Crippen LogP contribution in [0.5, 0.6) is 0 Å². The molecule has 0 heterocycles. The van der Waals surface area contributed by atoms with Gasteiger partial charge in [-0.3, -0.25) is 10.1 Å². The summed E-state index contributed by atoms with van der Waals surface area (Å²) in [6.07, 6.45) is 4.73. The van der Waals surface area contributed by atoms with Gasteiger partial charge in [-0.05, 0) is 24.1 Å². The number of nitrogens with zero attached hydrogens (tertiary/aromatic N) is 1. The van der Waals surface area contributed by atoms with Gasteiger partial charge in [-0.25, -0.2) is 8.42 Å². The van der Waals surface area contributed by atoms with Crippen molar-refractivity contribution in [2.24, 2.45) is 11.8 Å². The molecule has 0 saturated heterocycles. The highest BCUT2D eigenvalue weighted by Gasteiger charge is 2.50. The van der Waals surface area contributed by atoms with Crippen molar-refractivity contribution in [3.63, 3.8) is 0 Å². The normalized spacial score (nSPS) is 21.5. The standard InChI is InChI=1S/C24H29NO6S/c1-2-3-16-31-23-15-14-21(22(23)18-30-17-19-10-6-4-7-11-19)24(25(26)27)32(28,29)20-12-8-5-9-13-20/h4-15,21-24H,2-3,16-18H2,1H3/t21-,22+,23+,24?/m1/s1. The molecule has 32 heavy (non-hydrogen) atoms. The molecule has 0 fully saturated rings. The number of hydrogen-bond acceptors (Lipinski definition) is 6. The van der Waals surface area contributed by atoms with Crippen molar-refractivity contribution < 1.29 is 22.8 Å². The van der Waals surface area contributed by atoms with Crippen LogP contribution in [0, 0.1) is 22.0 Å². The molecule has 0 saturated carbocycles. The third kappa shape index (κ3) is 5.82. The molecule has 7 nitrogen and oxygen atoms in total. The van der Waals surface area contributed by atoms with Crippen LogP contribution in [0.1, 0.15) is 25.3 Å². The maximum Gasteiger partial charge on any atom is 0.321 e. The number of benzene rings is 2. The van der Waals surface area contributed by atoms with Gasteiger partial charge in [0.1, 0.15) is 0 Å². The lowest BCUT2D eigenvalue weighted by Gasteiger charge is -2.27. The fraction of sp³-hybridized carbons (Fsp3) is 0.417. The van der Waals surface area contributed by atoms with Gasteiger partial charge in [0.2, 0.25) is 9.84 Å². The number of sulfone groups is 1. The Kier molecular flexibility index (Phi) is 8.55. The lowest BCUT2D eigenvalue weighted by molar-refractivity contribution is -0.506. The van der Waals surface area contributed by atoms with E-state index in [1.807, 2.05) is 37.3 Å². The van der Waals surface area contributed by atoms with E-state index in [0.29, 0.717) is 13.2 Å². The molecular formula is C24H29NO6S. The van der Waals surface area contributed by atoms with Gasteiger partial charge in [0.05, 0.1) is 30.1 Å². The van der Waals surface area contributed by atoms with Gasteiger partial charge in [0.25, 0.3) is 0 Å². The molecule has 0 aromatic heterocycles. The average Bonchev–Trinajstić information content (AvgIpc) is 3.17. The molecule has 0 spiro atoms. The van der Waals surface area contributed by atoms with Gasteiger partial charge in [-0.2, -0.15) is 0 Å². The minimum Gasteiger partial charge on any atom is -0.376 e. The number of rotatable bonds is 12. The summed E-state index contributed by atoms with van der Waals surface area (Å²) in [5, 5.41) is 10.2. The average molecular weight is 460 g/mol. The molecule has 172 valence electrons. The van der Waals surface area contributed by atoms with Crippen LogP contribution in [0.4, 0.5) is 0 Å². The van der Waals surface area contributed by atoms with Crippen molar-refractivity contribution in [3.05, 3.63) is 88.5 Å². The van der Waals surface area contributed by atoms with Gasteiger partial charge in [0.15, 0.2) is 0 Å². The summed E-state index contributed by atoms with van der Waals surface area (Å²) in [7, 11) is -4.20. The summed E-state index contributed by atoms with van der Waals surface area (Å²) < 4.78 is 38.3. The first-order valence-corrected chi connectivity index (χ1v) is 12.3. The predicted molar refractivity (Wildman–Crippen MR) is 121 cm³/mol. The monoisotopic (exact) mass is 459 g/mol. The van der Waals surface area contributed by atoms with Gasteiger partial charge < -0.3 is 9.47 Å². The molecule has 1 unspecified atom stereocenters. The summed E-state index contributed by atoms with van der Waals surface area (Å²) in [6, 6.07) is 17.2. The maximum absolute atomic E-state index is 13.2. The van der Waals surface area contributed by atoms with Crippen LogP contribution < -0.4 is 0 Å². The molecule has 3 rings (SSSR count). The lowest BCUT2D eigenvalue weighted by Crippen LogP contribution is -2.42. The van der Waals surface area contributed by atoms with Crippen LogP contribution in [0.25, 0.3) is 0 Å². The van der Waals surface area contributed by atoms with Crippen LogP contribution in [-0.4, -0.2) is 38.0 Å². The van der Waals surface area contributed by atoms with E-state index in [4.69, 9.17) is 9.47 Å². The molecule has 1 aliphatic carbocycles. The van der Waals surface area contributed by atoms with Crippen LogP contribution in [0.3, 0.4) is 0 Å². The van der Waals surface area contributed by atoms with E-state index in [2.05, 4.69) is 0 Å². The molecule has 8 heteroatoms. The highest BCUT2D eigenvalue weighted by atomic mass is 32.2. The number of ether oxygens (including phenoxy) is 2. The quantitative estimate of drug-likeness (QED) is 0.204. The van der Waals surface area contributed by atoms with E-state index < -0.39 is 38.1 Å². The minimum atomic E-state index is -4.20. The van der Waals surface area contributed by atoms with Gasteiger partial charge in [-0.1, -0.05) is 74.0 Å². The van der Waals surface area contributed by atoms with E-state index in [0.717, 1.165) is 18.4 Å². The first-order valence-electron chi connectivity index (χ1n) is 10.8. The van der Waals surface area contributed by atoms with Crippen molar-refractivity contribution in [2.75, 3.05) is 13.2 Å². The molecule has 0 bridgehead atoms. The fourth-order valence-corrected chi connectivity index (χ4v) is 5.64. The van der Waals surface area contributed by atoms with E-state index in [-0.39, 0.29) is 11.5 Å². The van der Waals surface area contributed by atoms with Gasteiger partial charge >= 0.3 is 5.37 Å². The Labute approximate surface area is 189 Å². The molecule has 2 aromatic carbocycles. The van der Waals surface area contributed by atoms with Gasteiger partial charge in [0, 0.05) is 17.4 Å². The molecule has 0 N–H and O–H groups in total. The second-order valence-electron chi connectivity index (χ2n) is 7.85. The Hall–Kier alpha value is -2.55. The second kappa shape index (κ2) is 11.4. The first-order chi connectivity index (χ1) is 15.4. The van der Waals surface area contributed by atoms with Crippen LogP contribution in [0.2, 0.25) is 0 Å². The van der Waals surface area contributed by atoms with Crippen molar-refractivity contribution in [1.82, 2.24) is 0 Å². The molecular weight excluding hydrogens is 430 g/mol. The molecule has 0 amide bonds. The third-order valence-corrected chi connectivity index (χ3v) is 7.65. The zero-order chi connectivity index (χ0) is 23.0. The Bertz CT molecular complexity index is 994. The van der Waals surface area contributed by atoms with E-state index >= 15 is 0 Å². The lowest BCUT2D eigenvalue weighted by atomic mass is 9.94. The number of nitro groups is 1. The second-order valence-corrected chi connectivity index (χ2v) is 9.89. The summed E-state index contributed by atoms with van der Waals surface area (Å²) in [5.74, 6) is -1.35. The van der Waals surface area contributed by atoms with Crippen LogP contribution in [0.15, 0.2) is 77.7 Å². The molecule has 4 atom stereocenters. The summed E-state index contributed by atoms with van der Waals surface area (Å²) in [4.78, 5) is 11.3. The van der Waals surface area contributed by atoms with Crippen molar-refractivity contribution in [3.8, 4) is 0 Å². The topological polar surface area (TPSA) is 95.7 Å². The zero-order valence-corrected chi connectivity index (χ0v) is 18.9. The SMILES string of the molecule is CCCCO[C@H]1C=C[C@@H](C([N+](=O)[O-])S(=O)(=O)c2ccccc2)[C@@H]1COCc1ccccc1. The minimum absolute atomic E-state index is 0.0607. The number of unbranched alkanes of at least 4 members (excludes halogenated alkanes) is 1.